The van der Waals surface area contributed by atoms with E-state index in [9.17, 15) is 14.6 Å². The summed E-state index contributed by atoms with van der Waals surface area (Å²) in [5.74, 6) is -0.815. The number of carbonyl (C=O) groups is 1. The molecule has 4 saturated heterocycles. The smallest absolute Gasteiger partial charge is 0.325 e. The fourth-order valence-corrected chi connectivity index (χ4v) is 8.87. The summed E-state index contributed by atoms with van der Waals surface area (Å²) >= 11 is 10.8. The SMILES string of the molecule is N=C1N=C2C(N=NN2[C@@H]2O[C@@H]3COP(O)(=S)O[C@H]4[C@H]5OC[C@]4(COP(O)(=S)O[C@@H]2C3)O[C@H]5n2cnc3c(N)ncnc32)C(=O)N1. The first kappa shape index (κ1) is 29.9. The summed E-state index contributed by atoms with van der Waals surface area (Å²) in [4.78, 5) is 51.3. The van der Waals surface area contributed by atoms with E-state index in [1.54, 1.807) is 4.57 Å². The van der Waals surface area contributed by atoms with E-state index in [1.165, 1.54) is 17.7 Å². The number of imidazole rings is 1. The molecule has 10 atom stereocenters. The molecule has 0 spiro atoms. The standard InChI is InChI=1S/C20H23N11O10P2S2/c21-13-9-14(24-5-23-13)30(6-25-9)18-11-12-20(39-18,3-35-11)4-37-43(34,45)40-8-1-7(2-36-42(33,44)41-12)38-17(8)31-15-10(28-29-31)16(32)27-19(22)26-15/h5-8,10-12,17-18H,1-4H2,(H,33,44)(H,34,45)(H2,21,23,24)(H2,22,27,32)/t7-,8+,10?,11+,12-,17+,18+,20+,42?,43?/m0/s1. The third-order valence-corrected chi connectivity index (χ3v) is 11.0. The minimum Gasteiger partial charge on any atom is -0.382 e. The van der Waals surface area contributed by atoms with Gasteiger partial charge >= 0.3 is 13.4 Å². The minimum absolute atomic E-state index is 0.0214. The number of hydrogen-bond acceptors (Lipinski definition) is 18. The largest absolute Gasteiger partial charge is 0.382 e. The number of nitrogens with two attached hydrogens (primary N) is 1. The maximum absolute atomic E-state index is 12.3. The molecule has 8 rings (SSSR count). The first-order valence-corrected chi connectivity index (χ1v) is 18.5. The number of amidine groups is 1. The normalized spacial score (nSPS) is 42.9. The van der Waals surface area contributed by atoms with Gasteiger partial charge in [-0.15, -0.1) is 5.11 Å². The third kappa shape index (κ3) is 5.03. The number of aromatic nitrogens is 4. The molecule has 6 aliphatic heterocycles. The second-order valence-corrected chi connectivity index (χ2v) is 16.3. The first-order chi connectivity index (χ1) is 21.4. The van der Waals surface area contributed by atoms with Crippen LogP contribution in [-0.2, 0) is 60.7 Å². The van der Waals surface area contributed by atoms with E-state index in [4.69, 9.17) is 67.1 Å². The van der Waals surface area contributed by atoms with Gasteiger partial charge in [0.1, 0.15) is 35.8 Å². The number of anilines is 1. The number of nitrogen functional groups attached to an aromatic ring is 1. The van der Waals surface area contributed by atoms with Crippen molar-refractivity contribution in [2.75, 3.05) is 25.6 Å². The molecule has 25 heteroatoms. The molecule has 0 radical (unpaired) electrons. The Morgan fingerprint density at radius 3 is 2.80 bits per heavy atom. The first-order valence-electron chi connectivity index (χ1n) is 13.3. The zero-order valence-corrected chi connectivity index (χ0v) is 26.0. The van der Waals surface area contributed by atoms with Gasteiger partial charge in [-0.2, -0.15) is 10.0 Å². The minimum atomic E-state index is -4.06. The number of amides is 1. The summed E-state index contributed by atoms with van der Waals surface area (Å²) in [6, 6.07) is -1.11. The number of rotatable bonds is 2. The van der Waals surface area contributed by atoms with Crippen LogP contribution in [-0.4, -0.2) is 114 Å². The average molecular weight is 704 g/mol. The number of carbonyl (C=O) groups excluding carboxylic acids is 1. The lowest BCUT2D eigenvalue weighted by atomic mass is 10.0. The second kappa shape index (κ2) is 10.5. The Morgan fingerprint density at radius 2 is 1.96 bits per heavy atom. The predicted molar refractivity (Wildman–Crippen MR) is 154 cm³/mol. The highest BCUT2D eigenvalue weighted by Gasteiger charge is 2.65. The summed E-state index contributed by atoms with van der Waals surface area (Å²) in [6.07, 6.45) is -2.87. The van der Waals surface area contributed by atoms with Gasteiger partial charge in [-0.25, -0.2) is 15.0 Å². The Bertz CT molecular complexity index is 1780. The van der Waals surface area contributed by atoms with Gasteiger partial charge < -0.3 is 43.3 Å². The second-order valence-electron chi connectivity index (χ2n) is 10.8. The lowest BCUT2D eigenvalue weighted by molar-refractivity contribution is -0.183. The van der Waals surface area contributed by atoms with Gasteiger partial charge in [0.05, 0.1) is 32.3 Å². The van der Waals surface area contributed by atoms with Crippen LogP contribution in [0.3, 0.4) is 0 Å². The van der Waals surface area contributed by atoms with Gasteiger partial charge in [-0.3, -0.25) is 24.6 Å². The number of ether oxygens (including phenoxy) is 3. The van der Waals surface area contributed by atoms with Crippen LogP contribution < -0.4 is 11.1 Å². The van der Waals surface area contributed by atoms with Crippen molar-refractivity contribution in [1.29, 1.82) is 5.41 Å². The molecule has 6 aliphatic rings. The van der Waals surface area contributed by atoms with Crippen LogP contribution in [0.1, 0.15) is 12.6 Å². The van der Waals surface area contributed by atoms with Crippen LogP contribution >= 0.6 is 13.4 Å². The van der Waals surface area contributed by atoms with Crippen molar-refractivity contribution < 1.29 is 46.9 Å². The Morgan fingerprint density at radius 1 is 1.13 bits per heavy atom. The number of guanidine groups is 1. The van der Waals surface area contributed by atoms with Crippen LogP contribution in [0.5, 0.6) is 0 Å². The molecule has 2 aromatic heterocycles. The zero-order chi connectivity index (χ0) is 31.3. The molecule has 21 nitrogen and oxygen atoms in total. The Hall–Kier alpha value is -2.50. The van der Waals surface area contributed by atoms with Crippen LogP contribution in [0.4, 0.5) is 5.82 Å². The van der Waals surface area contributed by atoms with E-state index in [2.05, 4.69) is 35.6 Å². The summed E-state index contributed by atoms with van der Waals surface area (Å²) in [6.45, 7) is -8.76. The maximum atomic E-state index is 12.3. The quantitative estimate of drug-likeness (QED) is 0.234. The molecule has 0 aliphatic carbocycles. The molecule has 6 N–H and O–H groups in total. The number of nitrogens with one attached hydrogen (secondary N) is 2. The van der Waals surface area contributed by atoms with Crippen molar-refractivity contribution in [3.05, 3.63) is 12.7 Å². The summed E-state index contributed by atoms with van der Waals surface area (Å²) in [7, 11) is 0. The molecule has 240 valence electrons. The van der Waals surface area contributed by atoms with Crippen LogP contribution in [0.15, 0.2) is 28.0 Å². The van der Waals surface area contributed by atoms with E-state index >= 15 is 0 Å². The van der Waals surface area contributed by atoms with Crippen molar-refractivity contribution in [2.24, 2.45) is 15.3 Å². The van der Waals surface area contributed by atoms with Gasteiger partial charge in [-0.1, -0.05) is 5.22 Å². The van der Waals surface area contributed by atoms with Crippen LogP contribution in [0, 0.1) is 5.41 Å². The molecular weight excluding hydrogens is 680 g/mol. The molecule has 45 heavy (non-hydrogen) atoms. The van der Waals surface area contributed by atoms with Gasteiger partial charge in [0, 0.05) is 6.42 Å². The predicted octanol–water partition coefficient (Wildman–Crippen LogP) is -1.04. The van der Waals surface area contributed by atoms with Crippen molar-refractivity contribution in [2.45, 2.75) is 54.9 Å². The van der Waals surface area contributed by atoms with Crippen molar-refractivity contribution in [3.8, 4) is 0 Å². The molecular formula is C20H23N11O10P2S2. The van der Waals surface area contributed by atoms with E-state index in [-0.39, 0.29) is 31.3 Å². The fourth-order valence-electron chi connectivity index (χ4n) is 5.93. The van der Waals surface area contributed by atoms with Crippen LogP contribution in [0.25, 0.3) is 11.2 Å². The van der Waals surface area contributed by atoms with E-state index in [1.807, 2.05) is 0 Å². The van der Waals surface area contributed by atoms with Crippen molar-refractivity contribution in [3.63, 3.8) is 0 Å². The number of fused-ring (bicyclic) bond motifs is 4. The monoisotopic (exact) mass is 703 g/mol. The zero-order valence-electron chi connectivity index (χ0n) is 22.6. The van der Waals surface area contributed by atoms with Gasteiger partial charge in [0.2, 0.25) is 12.0 Å². The Labute approximate surface area is 262 Å². The Balaban J connectivity index is 1.09. The molecule has 4 bridgehead atoms. The van der Waals surface area contributed by atoms with Crippen molar-refractivity contribution >= 4 is 71.7 Å². The highest BCUT2D eigenvalue weighted by molar-refractivity contribution is 8.07. The lowest BCUT2D eigenvalue weighted by Gasteiger charge is -2.34. The summed E-state index contributed by atoms with van der Waals surface area (Å²) < 4.78 is 43.6. The van der Waals surface area contributed by atoms with Gasteiger partial charge in [0.15, 0.2) is 29.8 Å². The number of hydrogen-bond donors (Lipinski definition) is 5. The number of aliphatic imine (C=N–C) groups is 1. The molecule has 4 fully saturated rings. The topological polar surface area (TPSA) is 268 Å². The average Bonchev–Trinajstić information content (AvgIpc) is 3.79. The molecule has 0 saturated carbocycles. The van der Waals surface area contributed by atoms with E-state index < -0.39 is 80.4 Å². The van der Waals surface area contributed by atoms with Gasteiger partial charge in [-0.05, 0) is 23.6 Å². The fraction of sp³-hybridized carbons (Fsp3) is 0.600. The van der Waals surface area contributed by atoms with Crippen molar-refractivity contribution in [1.82, 2.24) is 29.8 Å². The van der Waals surface area contributed by atoms with E-state index in [0.29, 0.717) is 11.2 Å². The molecule has 2 aromatic rings. The van der Waals surface area contributed by atoms with E-state index in [0.717, 1.165) is 0 Å². The summed E-state index contributed by atoms with van der Waals surface area (Å²) in [5, 5.41) is 19.2. The molecule has 3 unspecified atom stereocenters. The Kier molecular flexibility index (Phi) is 6.97. The highest BCUT2D eigenvalue weighted by Crippen LogP contribution is 2.58. The highest BCUT2D eigenvalue weighted by atomic mass is 32.5. The maximum Gasteiger partial charge on any atom is 0.325 e. The summed E-state index contributed by atoms with van der Waals surface area (Å²) in [5.41, 5.74) is 5.23. The molecule has 8 heterocycles. The lowest BCUT2D eigenvalue weighted by Crippen LogP contribution is -2.52. The van der Waals surface area contributed by atoms with Crippen LogP contribution in [0.2, 0.25) is 0 Å². The molecule has 1 amide bonds. The third-order valence-electron chi connectivity index (χ3n) is 7.89. The number of nitrogens with zero attached hydrogens (tertiary/aromatic N) is 8. The molecule has 0 aromatic carbocycles. The van der Waals surface area contributed by atoms with Gasteiger partial charge in [0.25, 0.3) is 5.91 Å².